The number of hydrogen-bond donors (Lipinski definition) is 2. The molecular formula is C13H23NO2. The van der Waals surface area contributed by atoms with E-state index in [0.717, 1.165) is 19.1 Å². The van der Waals surface area contributed by atoms with Crippen molar-refractivity contribution in [3.63, 3.8) is 0 Å². The Hall–Kier alpha value is -0.120. The number of fused-ring (bicyclic) bond motifs is 2. The maximum atomic E-state index is 9.71. The molecule has 0 aromatic rings. The van der Waals surface area contributed by atoms with E-state index in [4.69, 9.17) is 4.74 Å². The Morgan fingerprint density at radius 3 is 2.81 bits per heavy atom. The van der Waals surface area contributed by atoms with E-state index in [0.29, 0.717) is 18.6 Å². The van der Waals surface area contributed by atoms with E-state index in [1.165, 1.54) is 38.5 Å². The van der Waals surface area contributed by atoms with Crippen molar-refractivity contribution in [3.8, 4) is 0 Å². The van der Waals surface area contributed by atoms with Crippen LogP contribution in [0.15, 0.2) is 0 Å². The molecule has 3 fully saturated rings. The molecule has 0 amide bonds. The van der Waals surface area contributed by atoms with Crippen LogP contribution in [0.4, 0.5) is 0 Å². The summed E-state index contributed by atoms with van der Waals surface area (Å²) in [6, 6.07) is 0. The number of aliphatic hydroxyl groups is 1. The second-order valence-electron chi connectivity index (χ2n) is 5.91. The number of aliphatic hydroxyl groups excluding tert-OH is 1. The van der Waals surface area contributed by atoms with E-state index in [1.54, 1.807) is 0 Å². The van der Waals surface area contributed by atoms with Gasteiger partial charge in [-0.2, -0.15) is 0 Å². The Bertz CT molecular complexity index is 252. The largest absolute Gasteiger partial charge is 0.394 e. The van der Waals surface area contributed by atoms with Crippen LogP contribution in [0, 0.1) is 11.8 Å². The van der Waals surface area contributed by atoms with Gasteiger partial charge in [-0.25, -0.2) is 0 Å². The predicted octanol–water partition coefficient (Wildman–Crippen LogP) is 1.31. The van der Waals surface area contributed by atoms with E-state index in [1.807, 2.05) is 0 Å². The first kappa shape index (κ1) is 11.0. The van der Waals surface area contributed by atoms with Gasteiger partial charge in [-0.05, 0) is 43.9 Å². The average molecular weight is 225 g/mol. The molecule has 3 heteroatoms. The summed E-state index contributed by atoms with van der Waals surface area (Å²) in [6.45, 7) is 2.16. The Labute approximate surface area is 97.6 Å². The van der Waals surface area contributed by atoms with Crippen molar-refractivity contribution in [1.29, 1.82) is 0 Å². The zero-order valence-electron chi connectivity index (χ0n) is 9.95. The van der Waals surface area contributed by atoms with Gasteiger partial charge >= 0.3 is 0 Å². The minimum atomic E-state index is 0.0366. The van der Waals surface area contributed by atoms with Gasteiger partial charge in [-0.3, -0.25) is 0 Å². The molecule has 0 aromatic heterocycles. The summed E-state index contributed by atoms with van der Waals surface area (Å²) in [6.07, 6.45) is 7.98. The van der Waals surface area contributed by atoms with Gasteiger partial charge in [0.1, 0.15) is 0 Å². The van der Waals surface area contributed by atoms with Crippen LogP contribution in [-0.2, 0) is 4.74 Å². The van der Waals surface area contributed by atoms with Crippen molar-refractivity contribution >= 4 is 0 Å². The summed E-state index contributed by atoms with van der Waals surface area (Å²) in [5, 5.41) is 13.4. The van der Waals surface area contributed by atoms with Crippen LogP contribution in [-0.4, -0.2) is 36.5 Å². The molecule has 4 unspecified atom stereocenters. The van der Waals surface area contributed by atoms with Crippen molar-refractivity contribution in [3.05, 3.63) is 0 Å². The molecule has 1 aliphatic heterocycles. The third-order valence-electron chi connectivity index (χ3n) is 4.96. The molecule has 0 spiro atoms. The van der Waals surface area contributed by atoms with Gasteiger partial charge in [0.05, 0.1) is 12.7 Å². The van der Waals surface area contributed by atoms with Crippen molar-refractivity contribution in [1.82, 2.24) is 5.32 Å². The van der Waals surface area contributed by atoms with Crippen LogP contribution in [0.25, 0.3) is 0 Å². The fourth-order valence-corrected chi connectivity index (χ4v) is 4.03. The third kappa shape index (κ3) is 1.79. The standard InChI is InChI=1S/C13H23NO2/c15-9-13(7-10-3-4-11(13)6-10)14-8-12-2-1-5-16-12/h10-12,14-15H,1-9H2. The highest BCUT2D eigenvalue weighted by molar-refractivity contribution is 5.06. The van der Waals surface area contributed by atoms with Gasteiger partial charge in [-0.15, -0.1) is 0 Å². The fourth-order valence-electron chi connectivity index (χ4n) is 4.03. The lowest BCUT2D eigenvalue weighted by Crippen LogP contribution is -2.54. The van der Waals surface area contributed by atoms with Gasteiger partial charge in [-0.1, -0.05) is 6.42 Å². The summed E-state index contributed by atoms with van der Waals surface area (Å²) in [5.41, 5.74) is 0.0366. The zero-order chi connectivity index (χ0) is 11.0. The minimum Gasteiger partial charge on any atom is -0.394 e. The van der Waals surface area contributed by atoms with E-state index in [2.05, 4.69) is 5.32 Å². The number of hydrogen-bond acceptors (Lipinski definition) is 3. The smallest absolute Gasteiger partial charge is 0.0700 e. The molecule has 3 rings (SSSR count). The van der Waals surface area contributed by atoms with E-state index in [9.17, 15) is 5.11 Å². The lowest BCUT2D eigenvalue weighted by atomic mass is 9.81. The van der Waals surface area contributed by atoms with Crippen LogP contribution in [0.1, 0.15) is 38.5 Å². The molecule has 92 valence electrons. The normalized spacial score (nSPS) is 46.7. The van der Waals surface area contributed by atoms with E-state index in [-0.39, 0.29) is 5.54 Å². The molecule has 2 aliphatic carbocycles. The summed E-state index contributed by atoms with van der Waals surface area (Å²) in [4.78, 5) is 0. The SMILES string of the molecule is OCC1(NCC2CCCO2)CC2CCC1C2. The Balaban J connectivity index is 1.58. The van der Waals surface area contributed by atoms with Crippen molar-refractivity contribution in [2.75, 3.05) is 19.8 Å². The highest BCUT2D eigenvalue weighted by Crippen LogP contribution is 2.50. The van der Waals surface area contributed by atoms with Crippen molar-refractivity contribution in [2.24, 2.45) is 11.8 Å². The van der Waals surface area contributed by atoms with Gasteiger partial charge in [0.2, 0.25) is 0 Å². The fraction of sp³-hybridized carbons (Fsp3) is 1.00. The van der Waals surface area contributed by atoms with Crippen LogP contribution >= 0.6 is 0 Å². The molecule has 2 saturated carbocycles. The molecule has 2 bridgehead atoms. The first-order chi connectivity index (χ1) is 7.82. The quantitative estimate of drug-likeness (QED) is 0.758. The Morgan fingerprint density at radius 2 is 2.25 bits per heavy atom. The van der Waals surface area contributed by atoms with Crippen LogP contribution < -0.4 is 5.32 Å². The monoisotopic (exact) mass is 225 g/mol. The molecule has 0 aromatic carbocycles. The van der Waals surface area contributed by atoms with Crippen molar-refractivity contribution in [2.45, 2.75) is 50.2 Å². The van der Waals surface area contributed by atoms with Crippen LogP contribution in [0.5, 0.6) is 0 Å². The predicted molar refractivity (Wildman–Crippen MR) is 62.2 cm³/mol. The van der Waals surface area contributed by atoms with E-state index < -0.39 is 0 Å². The van der Waals surface area contributed by atoms with Crippen LogP contribution in [0.3, 0.4) is 0 Å². The summed E-state index contributed by atoms with van der Waals surface area (Å²) >= 11 is 0. The summed E-state index contributed by atoms with van der Waals surface area (Å²) in [7, 11) is 0. The third-order valence-corrected chi connectivity index (χ3v) is 4.96. The molecule has 1 saturated heterocycles. The zero-order valence-corrected chi connectivity index (χ0v) is 9.95. The second kappa shape index (κ2) is 4.28. The molecule has 2 N–H and O–H groups in total. The van der Waals surface area contributed by atoms with Crippen molar-refractivity contribution < 1.29 is 9.84 Å². The first-order valence-electron chi connectivity index (χ1n) is 6.80. The summed E-state index contributed by atoms with van der Waals surface area (Å²) < 4.78 is 5.64. The topological polar surface area (TPSA) is 41.5 Å². The molecule has 1 heterocycles. The maximum absolute atomic E-state index is 9.71. The molecule has 3 aliphatic rings. The summed E-state index contributed by atoms with van der Waals surface area (Å²) in [5.74, 6) is 1.58. The number of rotatable bonds is 4. The average Bonchev–Trinajstić information content (AvgIpc) is 3.02. The minimum absolute atomic E-state index is 0.0366. The van der Waals surface area contributed by atoms with Crippen LogP contribution in [0.2, 0.25) is 0 Å². The molecule has 16 heavy (non-hydrogen) atoms. The highest BCUT2D eigenvalue weighted by Gasteiger charge is 2.50. The second-order valence-corrected chi connectivity index (χ2v) is 5.91. The lowest BCUT2D eigenvalue weighted by Gasteiger charge is -2.38. The molecule has 4 atom stereocenters. The molecular weight excluding hydrogens is 202 g/mol. The molecule has 0 radical (unpaired) electrons. The first-order valence-corrected chi connectivity index (χ1v) is 6.80. The van der Waals surface area contributed by atoms with Gasteiger partial charge < -0.3 is 15.2 Å². The number of nitrogens with one attached hydrogen (secondary N) is 1. The Kier molecular flexibility index (Phi) is 2.94. The van der Waals surface area contributed by atoms with E-state index >= 15 is 0 Å². The molecule has 3 nitrogen and oxygen atoms in total. The highest BCUT2D eigenvalue weighted by atomic mass is 16.5. The lowest BCUT2D eigenvalue weighted by molar-refractivity contribution is 0.0670. The van der Waals surface area contributed by atoms with Gasteiger partial charge in [0, 0.05) is 18.7 Å². The number of ether oxygens (including phenoxy) is 1. The van der Waals surface area contributed by atoms with Gasteiger partial charge in [0.25, 0.3) is 0 Å². The van der Waals surface area contributed by atoms with Gasteiger partial charge in [0.15, 0.2) is 0 Å². The Morgan fingerprint density at radius 1 is 1.31 bits per heavy atom. The maximum Gasteiger partial charge on any atom is 0.0700 e.